The van der Waals surface area contributed by atoms with Crippen molar-refractivity contribution in [3.8, 4) is 5.75 Å². The predicted octanol–water partition coefficient (Wildman–Crippen LogP) is -0.187. The van der Waals surface area contributed by atoms with E-state index in [0.29, 0.717) is 5.75 Å². The van der Waals surface area contributed by atoms with Gasteiger partial charge in [0.15, 0.2) is 0 Å². The van der Waals surface area contributed by atoms with E-state index in [-0.39, 0.29) is 6.61 Å². The van der Waals surface area contributed by atoms with Crippen LogP contribution in [0.4, 0.5) is 0 Å². The number of hydrogen-bond donors (Lipinski definition) is 3. The normalized spacial score (nSPS) is 32.7. The summed E-state index contributed by atoms with van der Waals surface area (Å²) in [5.74, 6) is 0.547. The largest absolute Gasteiger partial charge is 0.462 e. The molecular weight excluding hydrogens is 224 g/mol. The van der Waals surface area contributed by atoms with Crippen molar-refractivity contribution in [2.75, 3.05) is 6.61 Å². The standard InChI is InChI=1S/C12H16O5/c1-7-2-4-8(5-3-7)16-12-11(15)10(14)9(6-13)17-12/h2-5,9-15H,6H2,1H3/t9-,10-,11-,12+/m1/s1. The minimum atomic E-state index is -1.16. The smallest absolute Gasteiger partial charge is 0.229 e. The first-order chi connectivity index (χ1) is 8.11. The van der Waals surface area contributed by atoms with E-state index in [4.69, 9.17) is 14.6 Å². The van der Waals surface area contributed by atoms with Crippen molar-refractivity contribution >= 4 is 0 Å². The summed E-state index contributed by atoms with van der Waals surface area (Å²) in [6.45, 7) is 1.60. The molecule has 1 fully saturated rings. The van der Waals surface area contributed by atoms with Crippen LogP contribution in [0.1, 0.15) is 5.56 Å². The third-order valence-electron chi connectivity index (χ3n) is 2.77. The van der Waals surface area contributed by atoms with E-state index in [2.05, 4.69) is 0 Å². The Kier molecular flexibility index (Phi) is 3.63. The van der Waals surface area contributed by atoms with Crippen LogP contribution in [0.3, 0.4) is 0 Å². The summed E-state index contributed by atoms with van der Waals surface area (Å²) in [5.41, 5.74) is 1.10. The van der Waals surface area contributed by atoms with Gasteiger partial charge in [-0.15, -0.1) is 0 Å². The van der Waals surface area contributed by atoms with Crippen molar-refractivity contribution < 1.29 is 24.8 Å². The van der Waals surface area contributed by atoms with Gasteiger partial charge in [0, 0.05) is 0 Å². The molecule has 5 heteroatoms. The first-order valence-corrected chi connectivity index (χ1v) is 5.47. The molecule has 2 rings (SSSR count). The second-order valence-electron chi connectivity index (χ2n) is 4.14. The molecule has 1 heterocycles. The molecule has 0 unspecified atom stereocenters. The summed E-state index contributed by atoms with van der Waals surface area (Å²) in [4.78, 5) is 0. The van der Waals surface area contributed by atoms with Crippen LogP contribution in [0.5, 0.6) is 5.75 Å². The van der Waals surface area contributed by atoms with Crippen LogP contribution < -0.4 is 4.74 Å². The minimum Gasteiger partial charge on any atom is -0.462 e. The Bertz CT molecular complexity index is 364. The van der Waals surface area contributed by atoms with Gasteiger partial charge in [-0.25, -0.2) is 0 Å². The molecule has 94 valence electrons. The molecule has 0 radical (unpaired) electrons. The lowest BCUT2D eigenvalue weighted by Gasteiger charge is -2.16. The highest BCUT2D eigenvalue weighted by Gasteiger charge is 2.43. The van der Waals surface area contributed by atoms with Crippen LogP contribution in [0, 0.1) is 6.92 Å². The Morgan fingerprint density at radius 1 is 1.18 bits per heavy atom. The van der Waals surface area contributed by atoms with Gasteiger partial charge in [0.25, 0.3) is 0 Å². The molecule has 0 aliphatic carbocycles. The summed E-state index contributed by atoms with van der Waals surface area (Å²) in [6, 6.07) is 7.25. The van der Waals surface area contributed by atoms with Crippen molar-refractivity contribution in [3.05, 3.63) is 29.8 Å². The number of aliphatic hydroxyl groups excluding tert-OH is 3. The molecule has 1 aromatic carbocycles. The Morgan fingerprint density at radius 3 is 2.35 bits per heavy atom. The van der Waals surface area contributed by atoms with E-state index >= 15 is 0 Å². The topological polar surface area (TPSA) is 79.2 Å². The molecule has 0 amide bonds. The lowest BCUT2D eigenvalue weighted by atomic mass is 10.1. The van der Waals surface area contributed by atoms with E-state index in [9.17, 15) is 10.2 Å². The second kappa shape index (κ2) is 5.01. The molecular formula is C12H16O5. The summed E-state index contributed by atoms with van der Waals surface area (Å²) >= 11 is 0. The Morgan fingerprint density at radius 2 is 1.82 bits per heavy atom. The van der Waals surface area contributed by atoms with Gasteiger partial charge in [0.1, 0.15) is 24.1 Å². The quantitative estimate of drug-likeness (QED) is 0.682. The Balaban J connectivity index is 2.02. The molecule has 0 saturated carbocycles. The van der Waals surface area contributed by atoms with Crippen LogP contribution in [-0.4, -0.2) is 46.5 Å². The Labute approximate surface area is 99.2 Å². The number of hydrogen-bond acceptors (Lipinski definition) is 5. The molecule has 1 aromatic rings. The molecule has 0 spiro atoms. The van der Waals surface area contributed by atoms with Crippen LogP contribution in [-0.2, 0) is 4.74 Å². The van der Waals surface area contributed by atoms with Crippen molar-refractivity contribution in [2.45, 2.75) is 31.5 Å². The number of benzene rings is 1. The van der Waals surface area contributed by atoms with Gasteiger partial charge in [0.05, 0.1) is 6.61 Å². The van der Waals surface area contributed by atoms with E-state index < -0.39 is 24.6 Å². The van der Waals surface area contributed by atoms with Gasteiger partial charge in [-0.05, 0) is 19.1 Å². The SMILES string of the molecule is Cc1ccc(O[C@H]2O[C@H](CO)[C@@H](O)[C@H]2O)cc1. The van der Waals surface area contributed by atoms with Gasteiger partial charge in [-0.2, -0.15) is 0 Å². The summed E-state index contributed by atoms with van der Waals surface area (Å²) in [7, 11) is 0. The number of aliphatic hydroxyl groups is 3. The lowest BCUT2D eigenvalue weighted by Crippen LogP contribution is -2.35. The van der Waals surface area contributed by atoms with Crippen LogP contribution in [0.15, 0.2) is 24.3 Å². The predicted molar refractivity (Wildman–Crippen MR) is 59.6 cm³/mol. The molecule has 1 aliphatic heterocycles. The highest BCUT2D eigenvalue weighted by Crippen LogP contribution is 2.24. The summed E-state index contributed by atoms with van der Waals surface area (Å²) in [5, 5.41) is 28.1. The van der Waals surface area contributed by atoms with Gasteiger partial charge >= 0.3 is 0 Å². The number of aryl methyl sites for hydroxylation is 1. The molecule has 1 saturated heterocycles. The van der Waals surface area contributed by atoms with Crippen LogP contribution >= 0.6 is 0 Å². The number of rotatable bonds is 3. The maximum atomic E-state index is 9.66. The third kappa shape index (κ3) is 2.58. The number of ether oxygens (including phenoxy) is 2. The highest BCUT2D eigenvalue weighted by molar-refractivity contribution is 5.26. The first kappa shape index (κ1) is 12.3. The van der Waals surface area contributed by atoms with E-state index in [1.54, 1.807) is 12.1 Å². The van der Waals surface area contributed by atoms with Crippen LogP contribution in [0.2, 0.25) is 0 Å². The van der Waals surface area contributed by atoms with Crippen molar-refractivity contribution in [1.82, 2.24) is 0 Å². The van der Waals surface area contributed by atoms with Crippen LogP contribution in [0.25, 0.3) is 0 Å². The maximum Gasteiger partial charge on any atom is 0.229 e. The van der Waals surface area contributed by atoms with Gasteiger partial charge in [0.2, 0.25) is 6.29 Å². The zero-order valence-electron chi connectivity index (χ0n) is 9.48. The average molecular weight is 240 g/mol. The van der Waals surface area contributed by atoms with Gasteiger partial charge in [-0.3, -0.25) is 0 Å². The van der Waals surface area contributed by atoms with E-state index in [1.807, 2.05) is 19.1 Å². The summed E-state index contributed by atoms with van der Waals surface area (Å²) in [6.07, 6.45) is -4.05. The fourth-order valence-electron chi connectivity index (χ4n) is 1.71. The fourth-order valence-corrected chi connectivity index (χ4v) is 1.71. The molecule has 0 bridgehead atoms. The lowest BCUT2D eigenvalue weighted by molar-refractivity contribution is -0.116. The maximum absolute atomic E-state index is 9.66. The zero-order valence-corrected chi connectivity index (χ0v) is 9.48. The second-order valence-corrected chi connectivity index (χ2v) is 4.14. The van der Waals surface area contributed by atoms with Gasteiger partial charge < -0.3 is 24.8 Å². The Hall–Kier alpha value is -1.14. The van der Waals surface area contributed by atoms with Crippen molar-refractivity contribution in [1.29, 1.82) is 0 Å². The first-order valence-electron chi connectivity index (χ1n) is 5.47. The van der Waals surface area contributed by atoms with E-state index in [1.165, 1.54) is 0 Å². The van der Waals surface area contributed by atoms with Crippen molar-refractivity contribution in [2.24, 2.45) is 0 Å². The highest BCUT2D eigenvalue weighted by atomic mass is 16.7. The molecule has 4 atom stereocenters. The average Bonchev–Trinajstić information content (AvgIpc) is 2.60. The third-order valence-corrected chi connectivity index (χ3v) is 2.77. The minimum absolute atomic E-state index is 0.355. The zero-order chi connectivity index (χ0) is 12.4. The van der Waals surface area contributed by atoms with E-state index in [0.717, 1.165) is 5.56 Å². The fraction of sp³-hybridized carbons (Fsp3) is 0.500. The molecule has 5 nitrogen and oxygen atoms in total. The van der Waals surface area contributed by atoms with Crippen molar-refractivity contribution in [3.63, 3.8) is 0 Å². The van der Waals surface area contributed by atoms with Gasteiger partial charge in [-0.1, -0.05) is 17.7 Å². The molecule has 3 N–H and O–H groups in total. The summed E-state index contributed by atoms with van der Waals surface area (Å²) < 4.78 is 10.6. The monoisotopic (exact) mass is 240 g/mol. The molecule has 0 aromatic heterocycles. The molecule has 17 heavy (non-hydrogen) atoms. The molecule has 1 aliphatic rings.